The number of para-hydroxylation sites is 1. The second kappa shape index (κ2) is 7.74. The zero-order chi connectivity index (χ0) is 19.5. The number of carbonyl (C=O) groups excluding carboxylic acids is 1. The van der Waals surface area contributed by atoms with Gasteiger partial charge in [0, 0.05) is 10.4 Å². The quantitative estimate of drug-likeness (QED) is 0.505. The van der Waals surface area contributed by atoms with Crippen molar-refractivity contribution in [1.29, 1.82) is 0 Å². The number of nitrogens with one attached hydrogen (secondary N) is 1. The van der Waals surface area contributed by atoms with Crippen molar-refractivity contribution in [1.82, 2.24) is 14.9 Å². The molecule has 0 radical (unpaired) electrons. The number of hydrogen-bond donors (Lipinski definition) is 1. The number of halogens is 1. The standard InChI is InChI=1S/C20H16ClN3O4/c21-13-5-7-14(8-6-13)27-10-9-22-17(25)11-24-12-23-18-15-3-1-2-4-16(15)28-19(18)20(24)26/h1-8,12H,9-11H2,(H,22,25). The van der Waals surface area contributed by atoms with Crippen molar-refractivity contribution in [2.24, 2.45) is 0 Å². The summed E-state index contributed by atoms with van der Waals surface area (Å²) in [5.41, 5.74) is 0.827. The lowest BCUT2D eigenvalue weighted by molar-refractivity contribution is -0.121. The van der Waals surface area contributed by atoms with Gasteiger partial charge in [0.1, 0.15) is 30.0 Å². The van der Waals surface area contributed by atoms with Crippen LogP contribution in [0.25, 0.3) is 22.1 Å². The van der Waals surface area contributed by atoms with Crippen molar-refractivity contribution >= 4 is 39.6 Å². The van der Waals surface area contributed by atoms with E-state index in [0.717, 1.165) is 5.39 Å². The van der Waals surface area contributed by atoms with E-state index in [1.165, 1.54) is 10.9 Å². The molecule has 1 N–H and O–H groups in total. The van der Waals surface area contributed by atoms with Crippen LogP contribution in [-0.2, 0) is 11.3 Å². The Labute approximate surface area is 164 Å². The SMILES string of the molecule is O=C(Cn1cnc2c(oc3ccccc32)c1=O)NCCOc1ccc(Cl)cc1. The van der Waals surface area contributed by atoms with Crippen LogP contribution >= 0.6 is 11.6 Å². The van der Waals surface area contributed by atoms with Crippen LogP contribution in [0.2, 0.25) is 5.02 Å². The van der Waals surface area contributed by atoms with Crippen molar-refractivity contribution < 1.29 is 13.9 Å². The van der Waals surface area contributed by atoms with Crippen molar-refractivity contribution in [2.45, 2.75) is 6.54 Å². The van der Waals surface area contributed by atoms with Crippen molar-refractivity contribution in [3.63, 3.8) is 0 Å². The summed E-state index contributed by atoms with van der Waals surface area (Å²) >= 11 is 5.81. The average molecular weight is 398 g/mol. The molecule has 0 unspecified atom stereocenters. The summed E-state index contributed by atoms with van der Waals surface area (Å²) in [7, 11) is 0. The number of benzene rings is 2. The highest BCUT2D eigenvalue weighted by Gasteiger charge is 2.14. The first-order valence-corrected chi connectivity index (χ1v) is 9.01. The van der Waals surface area contributed by atoms with Gasteiger partial charge in [0.15, 0.2) is 0 Å². The minimum Gasteiger partial charge on any atom is -0.492 e. The number of amides is 1. The van der Waals surface area contributed by atoms with E-state index >= 15 is 0 Å². The van der Waals surface area contributed by atoms with Crippen LogP contribution in [0.3, 0.4) is 0 Å². The highest BCUT2D eigenvalue weighted by molar-refractivity contribution is 6.30. The molecule has 0 atom stereocenters. The molecule has 0 spiro atoms. The minimum atomic E-state index is -0.395. The highest BCUT2D eigenvalue weighted by Crippen LogP contribution is 2.23. The number of aromatic nitrogens is 2. The van der Waals surface area contributed by atoms with Crippen LogP contribution in [0.5, 0.6) is 5.75 Å². The Morgan fingerprint density at radius 2 is 1.96 bits per heavy atom. The fraction of sp³-hybridized carbons (Fsp3) is 0.150. The van der Waals surface area contributed by atoms with E-state index in [0.29, 0.717) is 35.0 Å². The summed E-state index contributed by atoms with van der Waals surface area (Å²) in [6.45, 7) is 0.444. The lowest BCUT2D eigenvalue weighted by atomic mass is 10.2. The van der Waals surface area contributed by atoms with Gasteiger partial charge < -0.3 is 14.5 Å². The molecule has 8 heteroatoms. The Hall–Kier alpha value is -3.32. The predicted octanol–water partition coefficient (Wildman–Crippen LogP) is 2.99. The van der Waals surface area contributed by atoms with Crippen LogP contribution in [0.15, 0.2) is 64.1 Å². The molecule has 0 aliphatic carbocycles. The third kappa shape index (κ3) is 3.70. The molecule has 0 fully saturated rings. The van der Waals surface area contributed by atoms with Crippen LogP contribution < -0.4 is 15.6 Å². The Morgan fingerprint density at radius 3 is 2.79 bits per heavy atom. The van der Waals surface area contributed by atoms with Gasteiger partial charge in [0.25, 0.3) is 5.56 Å². The van der Waals surface area contributed by atoms with Crippen molar-refractivity contribution in [3.05, 3.63) is 70.2 Å². The summed E-state index contributed by atoms with van der Waals surface area (Å²) in [6.07, 6.45) is 1.36. The Morgan fingerprint density at radius 1 is 1.18 bits per heavy atom. The largest absolute Gasteiger partial charge is 0.492 e. The maximum Gasteiger partial charge on any atom is 0.297 e. The normalized spacial score (nSPS) is 11.0. The zero-order valence-electron chi connectivity index (χ0n) is 14.7. The van der Waals surface area contributed by atoms with E-state index in [9.17, 15) is 9.59 Å². The molecule has 7 nitrogen and oxygen atoms in total. The summed E-state index contributed by atoms with van der Waals surface area (Å²) in [6, 6.07) is 14.2. The van der Waals surface area contributed by atoms with E-state index in [1.54, 1.807) is 30.3 Å². The number of carbonyl (C=O) groups is 1. The molecule has 2 heterocycles. The topological polar surface area (TPSA) is 86.4 Å². The zero-order valence-corrected chi connectivity index (χ0v) is 15.5. The van der Waals surface area contributed by atoms with E-state index in [1.807, 2.05) is 18.2 Å². The number of fused-ring (bicyclic) bond motifs is 3. The third-order valence-electron chi connectivity index (χ3n) is 4.17. The minimum absolute atomic E-state index is 0.141. The van der Waals surface area contributed by atoms with Crippen LogP contribution in [-0.4, -0.2) is 28.6 Å². The first-order chi connectivity index (χ1) is 13.6. The number of furan rings is 1. The predicted molar refractivity (Wildman–Crippen MR) is 106 cm³/mol. The van der Waals surface area contributed by atoms with Gasteiger partial charge in [-0.25, -0.2) is 4.98 Å². The first-order valence-electron chi connectivity index (χ1n) is 8.63. The van der Waals surface area contributed by atoms with Gasteiger partial charge in [-0.05, 0) is 36.4 Å². The maximum absolute atomic E-state index is 12.6. The summed E-state index contributed by atoms with van der Waals surface area (Å²) < 4.78 is 12.3. The highest BCUT2D eigenvalue weighted by atomic mass is 35.5. The molecule has 2 aromatic heterocycles. The van der Waals surface area contributed by atoms with E-state index in [-0.39, 0.29) is 18.0 Å². The second-order valence-electron chi connectivity index (χ2n) is 6.11. The van der Waals surface area contributed by atoms with Crippen LogP contribution in [0.4, 0.5) is 0 Å². The first kappa shape index (κ1) is 18.1. The molecule has 0 saturated carbocycles. The summed E-state index contributed by atoms with van der Waals surface area (Å²) in [5.74, 6) is 0.341. The van der Waals surface area contributed by atoms with Crippen LogP contribution in [0, 0.1) is 0 Å². The van der Waals surface area contributed by atoms with Crippen LogP contribution in [0.1, 0.15) is 0 Å². The Bertz CT molecular complexity index is 1200. The molecule has 142 valence electrons. The summed E-state index contributed by atoms with van der Waals surface area (Å²) in [4.78, 5) is 29.0. The fourth-order valence-electron chi connectivity index (χ4n) is 2.83. The number of hydrogen-bond acceptors (Lipinski definition) is 5. The van der Waals surface area contributed by atoms with Crippen molar-refractivity contribution in [3.8, 4) is 5.75 Å². The van der Waals surface area contributed by atoms with Gasteiger partial charge in [-0.1, -0.05) is 23.7 Å². The van der Waals surface area contributed by atoms with Crippen molar-refractivity contribution in [2.75, 3.05) is 13.2 Å². The average Bonchev–Trinajstić information content (AvgIpc) is 3.08. The molecular weight excluding hydrogens is 382 g/mol. The summed E-state index contributed by atoms with van der Waals surface area (Å²) in [5, 5.41) is 4.10. The van der Waals surface area contributed by atoms with E-state index in [2.05, 4.69) is 10.3 Å². The lowest BCUT2D eigenvalue weighted by Gasteiger charge is -2.08. The van der Waals surface area contributed by atoms with E-state index in [4.69, 9.17) is 20.8 Å². The molecule has 1 amide bonds. The van der Waals surface area contributed by atoms with Gasteiger partial charge in [0.05, 0.1) is 12.9 Å². The molecule has 4 aromatic rings. The molecule has 0 aliphatic rings. The van der Waals surface area contributed by atoms with Gasteiger partial charge in [-0.2, -0.15) is 0 Å². The van der Waals surface area contributed by atoms with Gasteiger partial charge >= 0.3 is 0 Å². The molecular formula is C20H16ClN3O4. The molecule has 0 saturated heterocycles. The Balaban J connectivity index is 1.38. The monoisotopic (exact) mass is 397 g/mol. The third-order valence-corrected chi connectivity index (χ3v) is 4.42. The lowest BCUT2D eigenvalue weighted by Crippen LogP contribution is -2.34. The van der Waals surface area contributed by atoms with Gasteiger partial charge in [-0.3, -0.25) is 14.2 Å². The number of nitrogens with zero attached hydrogens (tertiary/aromatic N) is 2. The molecule has 4 rings (SSSR count). The van der Waals surface area contributed by atoms with Gasteiger partial charge in [0.2, 0.25) is 11.5 Å². The Kier molecular flexibility index (Phi) is 4.99. The number of rotatable bonds is 6. The van der Waals surface area contributed by atoms with Gasteiger partial charge in [-0.15, -0.1) is 0 Å². The smallest absolute Gasteiger partial charge is 0.297 e. The van der Waals surface area contributed by atoms with E-state index < -0.39 is 5.56 Å². The molecule has 0 bridgehead atoms. The fourth-order valence-corrected chi connectivity index (χ4v) is 2.95. The maximum atomic E-state index is 12.6. The molecule has 28 heavy (non-hydrogen) atoms. The molecule has 2 aromatic carbocycles. The molecule has 0 aliphatic heterocycles. The second-order valence-corrected chi connectivity index (χ2v) is 6.54. The number of ether oxygens (including phenoxy) is 1.